The lowest BCUT2D eigenvalue weighted by Crippen LogP contribution is -2.56. The summed E-state index contributed by atoms with van der Waals surface area (Å²) in [4.78, 5) is 13.1. The molecule has 4 nitrogen and oxygen atoms in total. The van der Waals surface area contributed by atoms with Crippen molar-refractivity contribution in [1.82, 2.24) is 0 Å². The zero-order valence-electron chi connectivity index (χ0n) is 11.9. The number of hydrogen-bond acceptors (Lipinski definition) is 4. The van der Waals surface area contributed by atoms with E-state index in [9.17, 15) is 4.79 Å². The lowest BCUT2D eigenvalue weighted by molar-refractivity contribution is -0.210. The maximum absolute atomic E-state index is 13.1. The second-order valence-corrected chi connectivity index (χ2v) is 7.23. The Morgan fingerprint density at radius 3 is 2.81 bits per heavy atom. The number of carbonyl (C=O) groups excluding carboxylic acids is 1. The van der Waals surface area contributed by atoms with Gasteiger partial charge in [0.1, 0.15) is 11.9 Å². The Morgan fingerprint density at radius 1 is 1.29 bits per heavy atom. The van der Waals surface area contributed by atoms with Crippen molar-refractivity contribution < 1.29 is 19.0 Å². The second kappa shape index (κ2) is 4.54. The van der Waals surface area contributed by atoms with E-state index < -0.39 is 11.2 Å². The second-order valence-electron chi connectivity index (χ2n) is 6.32. The highest BCUT2D eigenvalue weighted by atomic mass is 79.9. The summed E-state index contributed by atoms with van der Waals surface area (Å²) in [7, 11) is 0. The van der Waals surface area contributed by atoms with Gasteiger partial charge in [-0.3, -0.25) is 4.79 Å². The van der Waals surface area contributed by atoms with Gasteiger partial charge in [0, 0.05) is 17.3 Å². The highest BCUT2D eigenvalue weighted by Gasteiger charge is 2.57. The van der Waals surface area contributed by atoms with E-state index in [2.05, 4.69) is 15.9 Å². The monoisotopic (exact) mass is 352 g/mol. The van der Waals surface area contributed by atoms with E-state index in [-0.39, 0.29) is 11.9 Å². The van der Waals surface area contributed by atoms with Crippen molar-refractivity contribution >= 4 is 21.7 Å². The topological polar surface area (TPSA) is 44.8 Å². The van der Waals surface area contributed by atoms with E-state index in [0.29, 0.717) is 30.9 Å². The molecule has 2 heterocycles. The van der Waals surface area contributed by atoms with Crippen LogP contribution in [0.5, 0.6) is 5.75 Å². The van der Waals surface area contributed by atoms with Gasteiger partial charge in [0.05, 0.1) is 24.2 Å². The van der Waals surface area contributed by atoms with Gasteiger partial charge < -0.3 is 14.2 Å². The van der Waals surface area contributed by atoms with Crippen molar-refractivity contribution in [3.63, 3.8) is 0 Å². The zero-order valence-corrected chi connectivity index (χ0v) is 13.4. The number of benzene rings is 1. The summed E-state index contributed by atoms with van der Waals surface area (Å²) in [6, 6.07) is 5.61. The Balaban J connectivity index is 1.75. The minimum absolute atomic E-state index is 0.0999. The quantitative estimate of drug-likeness (QED) is 0.718. The van der Waals surface area contributed by atoms with Crippen LogP contribution in [-0.4, -0.2) is 30.9 Å². The SMILES string of the molecule is CC12CC3(CCC1Oc1ccc(Br)cc1C2=O)OCCO3. The first kappa shape index (κ1) is 13.7. The molecule has 0 amide bonds. The molecule has 1 saturated heterocycles. The van der Waals surface area contributed by atoms with Crippen molar-refractivity contribution in [2.45, 2.75) is 38.1 Å². The molecule has 112 valence electrons. The standard InChI is InChI=1S/C16H17BrO4/c1-15-9-16(19-6-7-20-16)5-4-13(15)21-12-3-2-10(17)8-11(12)14(15)18/h2-3,8,13H,4-7,9H2,1H3. The molecule has 4 rings (SSSR count). The summed E-state index contributed by atoms with van der Waals surface area (Å²) in [5.74, 6) is 0.233. The molecule has 1 saturated carbocycles. The van der Waals surface area contributed by atoms with Crippen molar-refractivity contribution in [2.24, 2.45) is 5.41 Å². The Kier molecular flexibility index (Phi) is 2.97. The summed E-state index contributed by atoms with van der Waals surface area (Å²) >= 11 is 3.43. The van der Waals surface area contributed by atoms with Gasteiger partial charge in [-0.1, -0.05) is 15.9 Å². The first-order chi connectivity index (χ1) is 10.0. The average Bonchev–Trinajstić information content (AvgIpc) is 2.90. The Hall–Kier alpha value is -0.910. The highest BCUT2D eigenvalue weighted by Crippen LogP contribution is 2.51. The average molecular weight is 353 g/mol. The van der Waals surface area contributed by atoms with E-state index in [0.717, 1.165) is 17.3 Å². The fraction of sp³-hybridized carbons (Fsp3) is 0.562. The largest absolute Gasteiger partial charge is 0.489 e. The summed E-state index contributed by atoms with van der Waals surface area (Å²) in [6.45, 7) is 3.20. The van der Waals surface area contributed by atoms with Gasteiger partial charge in [-0.05, 0) is 31.5 Å². The van der Waals surface area contributed by atoms with E-state index in [1.165, 1.54) is 0 Å². The molecule has 0 radical (unpaired) electrons. The number of halogens is 1. The molecule has 1 aromatic carbocycles. The molecular weight excluding hydrogens is 336 g/mol. The molecule has 2 unspecified atom stereocenters. The third kappa shape index (κ3) is 1.98. The molecule has 5 heteroatoms. The van der Waals surface area contributed by atoms with E-state index in [1.54, 1.807) is 0 Å². The molecule has 2 aliphatic heterocycles. The van der Waals surface area contributed by atoms with Gasteiger partial charge in [0.2, 0.25) is 0 Å². The molecule has 1 aromatic rings. The lowest BCUT2D eigenvalue weighted by Gasteiger charge is -2.49. The zero-order chi connectivity index (χ0) is 14.7. The minimum atomic E-state index is -0.589. The van der Waals surface area contributed by atoms with Crippen LogP contribution in [-0.2, 0) is 9.47 Å². The van der Waals surface area contributed by atoms with E-state index in [1.807, 2.05) is 25.1 Å². The highest BCUT2D eigenvalue weighted by molar-refractivity contribution is 9.10. The van der Waals surface area contributed by atoms with Crippen LogP contribution in [0.15, 0.2) is 22.7 Å². The van der Waals surface area contributed by atoms with Crippen LogP contribution in [0.4, 0.5) is 0 Å². The van der Waals surface area contributed by atoms with Gasteiger partial charge >= 0.3 is 0 Å². The fourth-order valence-electron chi connectivity index (χ4n) is 3.83. The Labute approximate surface area is 131 Å². The number of ether oxygens (including phenoxy) is 3. The van der Waals surface area contributed by atoms with Crippen molar-refractivity contribution in [3.8, 4) is 5.75 Å². The smallest absolute Gasteiger partial charge is 0.176 e. The van der Waals surface area contributed by atoms with Gasteiger partial charge in [-0.15, -0.1) is 0 Å². The third-order valence-corrected chi connectivity index (χ3v) is 5.42. The molecule has 2 atom stereocenters. The number of rotatable bonds is 0. The molecule has 3 aliphatic rings. The summed E-state index contributed by atoms with van der Waals surface area (Å²) < 4.78 is 18.6. The van der Waals surface area contributed by atoms with Gasteiger partial charge in [-0.2, -0.15) is 0 Å². The lowest BCUT2D eigenvalue weighted by atomic mass is 9.65. The number of fused-ring (bicyclic) bond motifs is 2. The van der Waals surface area contributed by atoms with Crippen LogP contribution in [0.1, 0.15) is 36.5 Å². The van der Waals surface area contributed by atoms with E-state index >= 15 is 0 Å². The molecule has 0 aromatic heterocycles. The third-order valence-electron chi connectivity index (χ3n) is 4.92. The van der Waals surface area contributed by atoms with Crippen molar-refractivity contribution in [3.05, 3.63) is 28.2 Å². The van der Waals surface area contributed by atoms with Crippen LogP contribution in [0.3, 0.4) is 0 Å². The summed E-state index contributed by atoms with van der Waals surface area (Å²) in [5.41, 5.74) is 0.0642. The molecule has 0 N–H and O–H groups in total. The van der Waals surface area contributed by atoms with Crippen molar-refractivity contribution in [1.29, 1.82) is 0 Å². The van der Waals surface area contributed by atoms with Crippen molar-refractivity contribution in [2.75, 3.05) is 13.2 Å². The van der Waals surface area contributed by atoms with Crippen LogP contribution in [0.2, 0.25) is 0 Å². The van der Waals surface area contributed by atoms with Crippen LogP contribution < -0.4 is 4.74 Å². The Morgan fingerprint density at radius 2 is 2.05 bits per heavy atom. The maximum atomic E-state index is 13.1. The van der Waals surface area contributed by atoms with Gasteiger partial charge in [0.15, 0.2) is 11.6 Å². The first-order valence-electron chi connectivity index (χ1n) is 7.31. The summed E-state index contributed by atoms with van der Waals surface area (Å²) in [6.07, 6.45) is 2.02. The number of hydrogen-bond donors (Lipinski definition) is 0. The van der Waals surface area contributed by atoms with Crippen LogP contribution in [0.25, 0.3) is 0 Å². The van der Waals surface area contributed by atoms with E-state index in [4.69, 9.17) is 14.2 Å². The van der Waals surface area contributed by atoms with Gasteiger partial charge in [0.25, 0.3) is 0 Å². The molecule has 1 aliphatic carbocycles. The summed E-state index contributed by atoms with van der Waals surface area (Å²) in [5, 5.41) is 0. The predicted octanol–water partition coefficient (Wildman–Crippen LogP) is 3.33. The first-order valence-corrected chi connectivity index (χ1v) is 8.11. The molecule has 2 fully saturated rings. The molecule has 21 heavy (non-hydrogen) atoms. The van der Waals surface area contributed by atoms with Gasteiger partial charge in [-0.25, -0.2) is 0 Å². The fourth-order valence-corrected chi connectivity index (χ4v) is 4.19. The maximum Gasteiger partial charge on any atom is 0.176 e. The Bertz CT molecular complexity index is 608. The molecule has 0 bridgehead atoms. The van der Waals surface area contributed by atoms with Crippen LogP contribution >= 0.6 is 15.9 Å². The number of ketones is 1. The predicted molar refractivity (Wildman–Crippen MR) is 79.5 cm³/mol. The minimum Gasteiger partial charge on any atom is -0.489 e. The molecule has 1 spiro atoms. The number of Topliss-reactive ketones (excluding diaryl/α,β-unsaturated/α-hetero) is 1. The van der Waals surface area contributed by atoms with Crippen LogP contribution in [0, 0.1) is 5.41 Å². The number of carbonyl (C=O) groups is 1. The molecular formula is C16H17BrO4. The normalized spacial score (nSPS) is 33.4.